The van der Waals surface area contributed by atoms with Crippen molar-refractivity contribution in [2.45, 2.75) is 148 Å². The maximum absolute atomic E-state index is 12.7. The molecule has 0 bridgehead atoms. The highest BCUT2D eigenvalue weighted by molar-refractivity contribution is 7.47. The van der Waals surface area contributed by atoms with Gasteiger partial charge in [0.05, 0.1) is 34.4 Å². The summed E-state index contributed by atoms with van der Waals surface area (Å²) in [5.74, 6) is -0.343. The van der Waals surface area contributed by atoms with E-state index in [4.69, 9.17) is 18.5 Å². The third kappa shape index (κ3) is 42.7. The van der Waals surface area contributed by atoms with Crippen LogP contribution < -0.4 is 0 Å². The number of ether oxygens (including phenoxy) is 2. The normalized spacial score (nSPS) is 14.7. The van der Waals surface area contributed by atoms with E-state index in [-0.39, 0.29) is 25.8 Å². The third-order valence-electron chi connectivity index (χ3n) is 8.42. The third-order valence-corrected chi connectivity index (χ3v) is 9.41. The minimum Gasteiger partial charge on any atom is -0.457 e. The Morgan fingerprint density at radius 1 is 0.582 bits per heavy atom. The maximum atomic E-state index is 12.7. The van der Waals surface area contributed by atoms with Gasteiger partial charge in [-0.1, -0.05) is 137 Å². The number of hydrogen-bond acceptors (Lipinski definition) is 6. The zero-order chi connectivity index (χ0) is 40.6. The number of quaternary nitrogens is 1. The number of allylic oxidation sites excluding steroid dienone is 14. The molecule has 0 aromatic rings. The average molecular weight is 791 g/mol. The van der Waals surface area contributed by atoms with Gasteiger partial charge in [0, 0.05) is 13.0 Å². The Balaban J connectivity index is 4.33. The van der Waals surface area contributed by atoms with Gasteiger partial charge in [-0.3, -0.25) is 13.8 Å². The molecule has 0 saturated carbocycles. The number of phosphoric acid groups is 1. The van der Waals surface area contributed by atoms with E-state index in [0.29, 0.717) is 24.1 Å². The molecule has 55 heavy (non-hydrogen) atoms. The first-order chi connectivity index (χ1) is 26.6. The molecule has 0 heterocycles. The number of nitrogens with zero attached hydrogens (tertiary/aromatic N) is 1. The molecular weight excluding hydrogens is 709 g/mol. The number of esters is 1. The first-order valence-corrected chi connectivity index (χ1v) is 22.8. The SMILES string of the molecule is CC/C=C\C/C=C\C/C=C\C/C=C\C/C=C\CCCCCCOCC(COP(=O)(O)OCC[N+](C)(C)C)OC(=O)CCCCCCC/C=C\C/C=C\CCC. The zero-order valence-electron chi connectivity index (χ0n) is 35.6. The quantitative estimate of drug-likeness (QED) is 0.0219. The van der Waals surface area contributed by atoms with Gasteiger partial charge in [0.1, 0.15) is 19.3 Å². The highest BCUT2D eigenvalue weighted by atomic mass is 31.2. The molecule has 1 N–H and O–H groups in total. The minimum atomic E-state index is -4.29. The Hall–Kier alpha value is -2.32. The van der Waals surface area contributed by atoms with Crippen LogP contribution in [0.3, 0.4) is 0 Å². The van der Waals surface area contributed by atoms with E-state index >= 15 is 0 Å². The molecule has 2 atom stereocenters. The van der Waals surface area contributed by atoms with E-state index < -0.39 is 13.9 Å². The molecule has 8 nitrogen and oxygen atoms in total. The fourth-order valence-corrected chi connectivity index (χ4v) is 5.89. The largest absolute Gasteiger partial charge is 0.472 e. The highest BCUT2D eigenvalue weighted by Crippen LogP contribution is 2.43. The molecule has 0 saturated heterocycles. The van der Waals surface area contributed by atoms with Crippen LogP contribution in [0.2, 0.25) is 0 Å². The Bertz CT molecular complexity index is 1150. The summed E-state index contributed by atoms with van der Waals surface area (Å²) in [6, 6.07) is 0. The molecule has 316 valence electrons. The molecule has 0 radical (unpaired) electrons. The van der Waals surface area contributed by atoms with Gasteiger partial charge in [0.15, 0.2) is 0 Å². The van der Waals surface area contributed by atoms with Gasteiger partial charge in [0.2, 0.25) is 0 Å². The van der Waals surface area contributed by atoms with Gasteiger partial charge in [-0.05, 0) is 83.5 Å². The summed E-state index contributed by atoms with van der Waals surface area (Å²) < 4.78 is 34.9. The summed E-state index contributed by atoms with van der Waals surface area (Å²) in [6.07, 6.45) is 50.5. The summed E-state index contributed by atoms with van der Waals surface area (Å²) >= 11 is 0. The zero-order valence-corrected chi connectivity index (χ0v) is 36.5. The molecule has 0 aliphatic rings. The van der Waals surface area contributed by atoms with Crippen LogP contribution in [0.25, 0.3) is 0 Å². The highest BCUT2D eigenvalue weighted by Gasteiger charge is 2.26. The Kier molecular flexibility index (Phi) is 36.9. The second kappa shape index (κ2) is 38.5. The predicted octanol–water partition coefficient (Wildman–Crippen LogP) is 12.5. The van der Waals surface area contributed by atoms with Crippen LogP contribution in [0.4, 0.5) is 0 Å². The van der Waals surface area contributed by atoms with Crippen LogP contribution in [0.15, 0.2) is 85.1 Å². The van der Waals surface area contributed by atoms with Crippen molar-refractivity contribution in [2.75, 3.05) is 54.1 Å². The van der Waals surface area contributed by atoms with Crippen LogP contribution in [0.1, 0.15) is 142 Å². The van der Waals surface area contributed by atoms with Crippen LogP contribution in [0, 0.1) is 0 Å². The van der Waals surface area contributed by atoms with Crippen LogP contribution >= 0.6 is 7.82 Å². The lowest BCUT2D eigenvalue weighted by Gasteiger charge is -2.24. The monoisotopic (exact) mass is 791 g/mol. The summed E-state index contributed by atoms with van der Waals surface area (Å²) in [4.78, 5) is 22.8. The summed E-state index contributed by atoms with van der Waals surface area (Å²) in [5.41, 5.74) is 0. The summed E-state index contributed by atoms with van der Waals surface area (Å²) in [7, 11) is 1.62. The van der Waals surface area contributed by atoms with E-state index in [0.717, 1.165) is 116 Å². The van der Waals surface area contributed by atoms with Gasteiger partial charge in [-0.15, -0.1) is 0 Å². The van der Waals surface area contributed by atoms with Crippen molar-refractivity contribution in [3.8, 4) is 0 Å². The Morgan fingerprint density at radius 3 is 1.58 bits per heavy atom. The summed E-state index contributed by atoms with van der Waals surface area (Å²) in [5, 5.41) is 0. The van der Waals surface area contributed by atoms with Crippen molar-refractivity contribution in [1.82, 2.24) is 0 Å². The molecule has 2 unspecified atom stereocenters. The van der Waals surface area contributed by atoms with E-state index in [1.165, 1.54) is 6.42 Å². The average Bonchev–Trinajstić information content (AvgIpc) is 3.13. The number of carbonyl (C=O) groups is 1. The molecule has 0 spiro atoms. The Labute approximate surface area is 337 Å². The Morgan fingerprint density at radius 2 is 1.05 bits per heavy atom. The van der Waals surface area contributed by atoms with E-state index in [9.17, 15) is 14.3 Å². The van der Waals surface area contributed by atoms with Crippen LogP contribution in [0.5, 0.6) is 0 Å². The van der Waals surface area contributed by atoms with E-state index in [1.54, 1.807) is 0 Å². The minimum absolute atomic E-state index is 0.0754. The lowest BCUT2D eigenvalue weighted by atomic mass is 10.1. The first kappa shape index (κ1) is 52.7. The fraction of sp³-hybridized carbons (Fsp3) is 0.674. The van der Waals surface area contributed by atoms with Crippen molar-refractivity contribution in [3.63, 3.8) is 0 Å². The number of hydrogen-bond donors (Lipinski definition) is 1. The maximum Gasteiger partial charge on any atom is 0.472 e. The molecule has 9 heteroatoms. The van der Waals surface area contributed by atoms with Crippen LogP contribution in [-0.2, 0) is 27.9 Å². The van der Waals surface area contributed by atoms with Crippen molar-refractivity contribution in [3.05, 3.63) is 85.1 Å². The van der Waals surface area contributed by atoms with Gasteiger partial charge in [-0.25, -0.2) is 4.57 Å². The smallest absolute Gasteiger partial charge is 0.457 e. The second-order valence-electron chi connectivity index (χ2n) is 15.0. The van der Waals surface area contributed by atoms with Crippen molar-refractivity contribution in [2.24, 2.45) is 0 Å². The molecule has 0 amide bonds. The van der Waals surface area contributed by atoms with E-state index in [2.05, 4.69) is 98.9 Å². The first-order valence-electron chi connectivity index (χ1n) is 21.3. The van der Waals surface area contributed by atoms with Crippen molar-refractivity contribution < 1.29 is 37.3 Å². The van der Waals surface area contributed by atoms with Crippen molar-refractivity contribution in [1.29, 1.82) is 0 Å². The van der Waals surface area contributed by atoms with Gasteiger partial charge in [0.25, 0.3) is 0 Å². The van der Waals surface area contributed by atoms with Gasteiger partial charge in [-0.2, -0.15) is 0 Å². The predicted molar refractivity (Wildman–Crippen MR) is 233 cm³/mol. The standard InChI is InChI=1S/C46H80NO7P/c1-6-8-10-12-14-16-18-20-21-22-23-24-25-26-28-30-32-34-36-38-41-51-43-45(44-53-55(49,50)52-42-40-47(3,4)5)54-46(48)39-37-35-33-31-29-27-19-17-15-13-11-9-7-2/h8,10-11,13-14,16-17,19-21,23-24,26,28,45H,6-7,9,12,15,18,22,25,27,29-44H2,1-5H3/p+1/b10-8-,13-11-,16-14-,19-17-,21-20-,24-23-,28-26-. The number of likely N-dealkylation sites (N-methyl/N-ethyl adjacent to an activating group) is 1. The van der Waals surface area contributed by atoms with Crippen LogP contribution in [-0.4, -0.2) is 75.6 Å². The molecule has 0 aliphatic heterocycles. The van der Waals surface area contributed by atoms with Gasteiger partial charge >= 0.3 is 13.8 Å². The topological polar surface area (TPSA) is 91.3 Å². The van der Waals surface area contributed by atoms with Gasteiger partial charge < -0.3 is 18.9 Å². The molecule has 0 fully saturated rings. The number of phosphoric ester groups is 1. The second-order valence-corrected chi connectivity index (χ2v) is 16.4. The summed E-state index contributed by atoms with van der Waals surface area (Å²) in [6.45, 7) is 5.33. The fourth-order valence-electron chi connectivity index (χ4n) is 5.14. The number of rotatable bonds is 38. The molecule has 0 rings (SSSR count). The lowest BCUT2D eigenvalue weighted by molar-refractivity contribution is -0.870. The molecule has 0 aliphatic carbocycles. The number of unbranched alkanes of at least 4 members (excludes halogenated alkanes) is 10. The molecule has 0 aromatic carbocycles. The molecule has 0 aromatic heterocycles. The lowest BCUT2D eigenvalue weighted by Crippen LogP contribution is -2.37. The van der Waals surface area contributed by atoms with Crippen molar-refractivity contribution >= 4 is 13.8 Å². The number of carbonyl (C=O) groups excluding carboxylic acids is 1. The molecular formula is C46H81NO7P+. The van der Waals surface area contributed by atoms with E-state index in [1.807, 2.05) is 21.1 Å².